The van der Waals surface area contributed by atoms with E-state index < -0.39 is 29.6 Å². The fourth-order valence-electron chi connectivity index (χ4n) is 2.93. The summed E-state index contributed by atoms with van der Waals surface area (Å²) >= 11 is 0. The molecule has 1 saturated heterocycles. The van der Waals surface area contributed by atoms with Crippen LogP contribution in [0.3, 0.4) is 0 Å². The number of nitrogens with one attached hydrogen (secondary N) is 1. The average Bonchev–Trinajstić information content (AvgIpc) is 2.64. The van der Waals surface area contributed by atoms with Crippen LogP contribution in [0.25, 0.3) is 0 Å². The van der Waals surface area contributed by atoms with Crippen LogP contribution in [0, 0.1) is 5.41 Å². The van der Waals surface area contributed by atoms with E-state index in [1.54, 1.807) is 7.05 Å². The van der Waals surface area contributed by atoms with Crippen molar-refractivity contribution in [2.24, 2.45) is 5.41 Å². The number of carbonyl (C=O) groups excluding carboxylic acids is 2. The highest BCUT2D eigenvalue weighted by Crippen LogP contribution is 2.23. The van der Waals surface area contributed by atoms with Crippen molar-refractivity contribution in [3.8, 4) is 0 Å². The van der Waals surface area contributed by atoms with Crippen molar-refractivity contribution < 1.29 is 24.6 Å². The second-order valence-corrected chi connectivity index (χ2v) is 9.10. The Morgan fingerprint density at radius 1 is 1.27 bits per heavy atom. The largest absolute Gasteiger partial charge is 0.478 e. The average molecular weight is 428 g/mol. The van der Waals surface area contributed by atoms with Crippen LogP contribution in [0.5, 0.6) is 0 Å². The molecule has 0 spiro atoms. The summed E-state index contributed by atoms with van der Waals surface area (Å²) in [4.78, 5) is 39.9. The summed E-state index contributed by atoms with van der Waals surface area (Å²) in [6.45, 7) is 12.1. The number of nitrogens with zero attached hydrogens (tertiary/aromatic N) is 2. The quantitative estimate of drug-likeness (QED) is 0.558. The first-order valence-electron chi connectivity index (χ1n) is 10.6. The van der Waals surface area contributed by atoms with Gasteiger partial charge in [-0.3, -0.25) is 14.5 Å². The van der Waals surface area contributed by atoms with Crippen LogP contribution >= 0.6 is 0 Å². The number of carbonyl (C=O) groups is 3. The van der Waals surface area contributed by atoms with Crippen molar-refractivity contribution >= 4 is 17.8 Å². The highest BCUT2D eigenvalue weighted by atomic mass is 16.4. The second kappa shape index (κ2) is 12.7. The molecule has 174 valence electrons. The van der Waals surface area contributed by atoms with E-state index in [2.05, 4.69) is 19.2 Å². The molecule has 0 aliphatic carbocycles. The Balaban J connectivity index is 0.00000263. The number of carboxylic acids is 1. The third-order valence-corrected chi connectivity index (χ3v) is 4.93. The van der Waals surface area contributed by atoms with E-state index in [1.807, 2.05) is 32.7 Å². The van der Waals surface area contributed by atoms with Crippen molar-refractivity contribution in [2.45, 2.75) is 79.0 Å². The number of likely N-dealkylation sites (tertiary alicyclic amines) is 1. The zero-order valence-electron chi connectivity index (χ0n) is 19.9. The van der Waals surface area contributed by atoms with Crippen LogP contribution in [0.15, 0.2) is 11.6 Å². The maximum atomic E-state index is 12.9. The van der Waals surface area contributed by atoms with Crippen LogP contribution in [0.1, 0.15) is 60.8 Å². The van der Waals surface area contributed by atoms with E-state index in [1.165, 1.54) is 24.3 Å². The van der Waals surface area contributed by atoms with E-state index in [-0.39, 0.29) is 23.9 Å². The number of likely N-dealkylation sites (N-methyl/N-ethyl adjacent to an activating group) is 2. The monoisotopic (exact) mass is 427 g/mol. The van der Waals surface area contributed by atoms with Crippen LogP contribution in [-0.2, 0) is 14.4 Å². The van der Waals surface area contributed by atoms with E-state index in [0.29, 0.717) is 19.4 Å². The minimum atomic E-state index is -1.03. The third-order valence-electron chi connectivity index (χ3n) is 4.93. The van der Waals surface area contributed by atoms with Gasteiger partial charge in [-0.15, -0.1) is 0 Å². The number of hydrogen-bond acceptors (Lipinski definition) is 5. The van der Waals surface area contributed by atoms with Gasteiger partial charge in [-0.25, -0.2) is 4.79 Å². The molecule has 1 aliphatic rings. The van der Waals surface area contributed by atoms with Gasteiger partial charge < -0.3 is 20.4 Å². The highest BCUT2D eigenvalue weighted by molar-refractivity contribution is 5.90. The summed E-state index contributed by atoms with van der Waals surface area (Å²) in [5.74, 6) is -1.60. The van der Waals surface area contributed by atoms with E-state index >= 15 is 0 Å². The van der Waals surface area contributed by atoms with Crippen LogP contribution in [0.2, 0.25) is 0 Å². The minimum Gasteiger partial charge on any atom is -0.478 e. The molecule has 1 rings (SSSR count). The zero-order valence-corrected chi connectivity index (χ0v) is 19.9. The molecular weight excluding hydrogens is 386 g/mol. The topological polar surface area (TPSA) is 110 Å². The van der Waals surface area contributed by atoms with E-state index in [4.69, 9.17) is 5.11 Å². The van der Waals surface area contributed by atoms with Crippen molar-refractivity contribution in [3.05, 3.63) is 11.6 Å². The molecule has 1 fully saturated rings. The number of hydrogen-bond donors (Lipinski definition) is 3. The lowest BCUT2D eigenvalue weighted by Crippen LogP contribution is -2.59. The molecule has 0 bridgehead atoms. The number of amides is 2. The molecule has 0 aromatic heterocycles. The normalized spacial score (nSPS) is 21.2. The summed E-state index contributed by atoms with van der Waals surface area (Å²) in [5.41, 5.74) is -0.373. The summed E-state index contributed by atoms with van der Waals surface area (Å²) in [6.07, 6.45) is 3.16. The second-order valence-electron chi connectivity index (χ2n) is 9.10. The highest BCUT2D eigenvalue weighted by Gasteiger charge is 2.38. The molecule has 0 aromatic carbocycles. The van der Waals surface area contributed by atoms with Crippen LogP contribution < -0.4 is 5.32 Å². The van der Waals surface area contributed by atoms with Crippen LogP contribution in [-0.4, -0.2) is 83.2 Å². The van der Waals surface area contributed by atoms with E-state index in [0.717, 1.165) is 0 Å². The standard InChI is InChI=1S/C19H33N3O5.C3H8/c1-12(18(26)27)7-9-22(6)17(25)15(19(2,3)4)20-16(24)14-11-13(23)8-10-21(14)5;1-3-2/h7,13-15,23H,8-11H2,1-6H3,(H,20,24)(H,26,27);3H2,1-2H3/b12-7+;. The molecule has 8 heteroatoms. The molecule has 0 radical (unpaired) electrons. The van der Waals surface area contributed by atoms with Crippen molar-refractivity contribution in [2.75, 3.05) is 27.2 Å². The zero-order chi connectivity index (χ0) is 23.6. The maximum absolute atomic E-state index is 12.9. The summed E-state index contributed by atoms with van der Waals surface area (Å²) in [5, 5.41) is 21.6. The predicted octanol–water partition coefficient (Wildman–Crippen LogP) is 1.88. The number of aliphatic carboxylic acids is 1. The lowest BCUT2D eigenvalue weighted by atomic mass is 9.85. The van der Waals surface area contributed by atoms with Crippen LogP contribution in [0.4, 0.5) is 0 Å². The summed E-state index contributed by atoms with van der Waals surface area (Å²) < 4.78 is 0. The number of carboxylic acid groups (broad SMARTS) is 1. The fraction of sp³-hybridized carbons (Fsp3) is 0.773. The molecule has 3 unspecified atom stereocenters. The Bertz CT molecular complexity index is 612. The number of aliphatic hydroxyl groups excluding tert-OH is 1. The van der Waals surface area contributed by atoms with Gasteiger partial charge in [0.2, 0.25) is 11.8 Å². The van der Waals surface area contributed by atoms with E-state index in [9.17, 15) is 19.5 Å². The smallest absolute Gasteiger partial charge is 0.331 e. The van der Waals surface area contributed by atoms with Gasteiger partial charge in [0.25, 0.3) is 0 Å². The van der Waals surface area contributed by atoms with Gasteiger partial charge in [-0.05, 0) is 32.2 Å². The first-order chi connectivity index (χ1) is 13.8. The van der Waals surface area contributed by atoms with Gasteiger partial charge in [0.1, 0.15) is 6.04 Å². The van der Waals surface area contributed by atoms with Gasteiger partial charge in [0.05, 0.1) is 12.1 Å². The molecule has 3 N–H and O–H groups in total. The number of piperidine rings is 1. The van der Waals surface area contributed by atoms with Gasteiger partial charge in [-0.1, -0.05) is 47.1 Å². The fourth-order valence-corrected chi connectivity index (χ4v) is 2.93. The lowest BCUT2D eigenvalue weighted by molar-refractivity contribution is -0.140. The molecular formula is C22H41N3O5. The van der Waals surface area contributed by atoms with Gasteiger partial charge in [0, 0.05) is 25.7 Å². The molecule has 0 saturated carbocycles. The molecule has 1 aliphatic heterocycles. The Kier molecular flexibility index (Phi) is 11.9. The van der Waals surface area contributed by atoms with Crippen molar-refractivity contribution in [1.29, 1.82) is 0 Å². The van der Waals surface area contributed by atoms with Crippen molar-refractivity contribution in [1.82, 2.24) is 15.1 Å². The first-order valence-corrected chi connectivity index (χ1v) is 10.6. The molecule has 8 nitrogen and oxygen atoms in total. The molecule has 1 heterocycles. The SMILES string of the molecule is C/C(=C\CN(C)C(=O)C(NC(=O)C1CC(O)CCN1C)C(C)(C)C)C(=O)O.CCC. The maximum Gasteiger partial charge on any atom is 0.331 e. The molecule has 3 atom stereocenters. The first kappa shape index (κ1) is 28.1. The number of aliphatic hydroxyl groups is 1. The minimum absolute atomic E-state index is 0.140. The Morgan fingerprint density at radius 2 is 1.80 bits per heavy atom. The predicted molar refractivity (Wildman–Crippen MR) is 118 cm³/mol. The lowest BCUT2D eigenvalue weighted by Gasteiger charge is -2.38. The summed E-state index contributed by atoms with van der Waals surface area (Å²) in [7, 11) is 3.41. The van der Waals surface area contributed by atoms with Gasteiger partial charge in [0.15, 0.2) is 0 Å². The van der Waals surface area contributed by atoms with Gasteiger partial charge >= 0.3 is 5.97 Å². The number of rotatable bonds is 6. The van der Waals surface area contributed by atoms with Gasteiger partial charge in [-0.2, -0.15) is 0 Å². The Morgan fingerprint density at radius 3 is 2.27 bits per heavy atom. The summed E-state index contributed by atoms with van der Waals surface area (Å²) in [6, 6.07) is -1.24. The van der Waals surface area contributed by atoms with Crippen molar-refractivity contribution in [3.63, 3.8) is 0 Å². The Labute approximate surface area is 181 Å². The molecule has 0 aromatic rings. The third kappa shape index (κ3) is 9.26. The molecule has 30 heavy (non-hydrogen) atoms. The molecule has 2 amide bonds. The Hall–Kier alpha value is -1.93.